The zero-order valence-electron chi connectivity index (χ0n) is 13.3. The van der Waals surface area contributed by atoms with Crippen molar-refractivity contribution in [3.05, 3.63) is 33.8 Å². The third-order valence-electron chi connectivity index (χ3n) is 5.98. The zero-order valence-corrected chi connectivity index (χ0v) is 14.9. The summed E-state index contributed by atoms with van der Waals surface area (Å²) in [5, 5.41) is 3.34. The predicted molar refractivity (Wildman–Crippen MR) is 89.4 cm³/mol. The van der Waals surface area contributed by atoms with Gasteiger partial charge in [0.2, 0.25) is 0 Å². The number of halogens is 1. The van der Waals surface area contributed by atoms with Gasteiger partial charge in [-0.3, -0.25) is 4.79 Å². The van der Waals surface area contributed by atoms with Gasteiger partial charge in [-0.05, 0) is 60.6 Å². The Labute approximate surface area is 135 Å². The highest BCUT2D eigenvalue weighted by Crippen LogP contribution is 2.62. The van der Waals surface area contributed by atoms with Gasteiger partial charge in [0.25, 0.3) is 5.91 Å². The quantitative estimate of drug-likeness (QED) is 0.823. The largest absolute Gasteiger partial charge is 0.348 e. The van der Waals surface area contributed by atoms with Crippen LogP contribution in [-0.2, 0) is 0 Å². The zero-order chi connectivity index (χ0) is 15.4. The van der Waals surface area contributed by atoms with Crippen molar-refractivity contribution in [3.63, 3.8) is 0 Å². The molecule has 0 spiro atoms. The summed E-state index contributed by atoms with van der Waals surface area (Å²) < 4.78 is 0.994. The van der Waals surface area contributed by atoms with E-state index < -0.39 is 0 Å². The maximum Gasteiger partial charge on any atom is 0.251 e. The topological polar surface area (TPSA) is 29.1 Å². The lowest BCUT2D eigenvalue weighted by atomic mass is 9.68. The second-order valence-electron chi connectivity index (χ2n) is 7.79. The first kappa shape index (κ1) is 15.1. The summed E-state index contributed by atoms with van der Waals surface area (Å²) in [4.78, 5) is 12.6. The molecule has 0 aliphatic heterocycles. The molecule has 1 aromatic rings. The van der Waals surface area contributed by atoms with Crippen molar-refractivity contribution in [1.29, 1.82) is 0 Å². The van der Waals surface area contributed by atoms with E-state index in [1.165, 1.54) is 19.3 Å². The van der Waals surface area contributed by atoms with E-state index in [-0.39, 0.29) is 22.8 Å². The summed E-state index contributed by atoms with van der Waals surface area (Å²) in [6.07, 6.45) is 3.80. The molecule has 2 aliphatic carbocycles. The van der Waals surface area contributed by atoms with E-state index in [0.29, 0.717) is 0 Å². The Bertz CT molecular complexity index is 590. The van der Waals surface area contributed by atoms with Crippen LogP contribution in [0.2, 0.25) is 0 Å². The van der Waals surface area contributed by atoms with Crippen molar-refractivity contribution in [1.82, 2.24) is 5.32 Å². The highest BCUT2D eigenvalue weighted by atomic mass is 79.9. The van der Waals surface area contributed by atoms with Gasteiger partial charge in [-0.15, -0.1) is 0 Å². The normalized spacial score (nSPS) is 33.2. The minimum absolute atomic E-state index is 0.0579. The predicted octanol–water partition coefficient (Wildman–Crippen LogP) is 4.70. The monoisotopic (exact) mass is 349 g/mol. The molecule has 1 aromatic carbocycles. The van der Waals surface area contributed by atoms with Crippen LogP contribution in [0.4, 0.5) is 0 Å². The van der Waals surface area contributed by atoms with Crippen LogP contribution in [0.3, 0.4) is 0 Å². The molecule has 3 atom stereocenters. The molecule has 2 bridgehead atoms. The lowest BCUT2D eigenvalue weighted by Crippen LogP contribution is -2.52. The molecule has 2 nitrogen and oxygen atoms in total. The van der Waals surface area contributed by atoms with Crippen molar-refractivity contribution < 1.29 is 4.79 Å². The Morgan fingerprint density at radius 1 is 1.33 bits per heavy atom. The van der Waals surface area contributed by atoms with Crippen molar-refractivity contribution in [2.75, 3.05) is 0 Å². The van der Waals surface area contributed by atoms with Crippen LogP contribution in [0.15, 0.2) is 22.7 Å². The second-order valence-corrected chi connectivity index (χ2v) is 8.64. The number of carbonyl (C=O) groups excluding carboxylic acids is 1. The number of amides is 1. The fourth-order valence-corrected chi connectivity index (χ4v) is 4.99. The van der Waals surface area contributed by atoms with E-state index >= 15 is 0 Å². The van der Waals surface area contributed by atoms with Gasteiger partial charge in [0, 0.05) is 16.1 Å². The van der Waals surface area contributed by atoms with Gasteiger partial charge in [0.15, 0.2) is 0 Å². The SMILES string of the molecule is Cc1ccc(C(=O)NC2C3(C)CCC(C3)C2(C)C)cc1Br. The first-order chi connectivity index (χ1) is 9.74. The van der Waals surface area contributed by atoms with Crippen molar-refractivity contribution in [2.24, 2.45) is 16.7 Å². The van der Waals surface area contributed by atoms with Gasteiger partial charge in [-0.25, -0.2) is 0 Å². The molecule has 3 rings (SSSR count). The van der Waals surface area contributed by atoms with Gasteiger partial charge in [0.05, 0.1) is 0 Å². The molecule has 1 amide bonds. The molecule has 0 saturated heterocycles. The first-order valence-electron chi connectivity index (χ1n) is 7.81. The van der Waals surface area contributed by atoms with Crippen molar-refractivity contribution >= 4 is 21.8 Å². The fraction of sp³-hybridized carbons (Fsp3) is 0.611. The molecule has 21 heavy (non-hydrogen) atoms. The maximum atomic E-state index is 12.6. The van der Waals surface area contributed by atoms with E-state index in [9.17, 15) is 4.79 Å². The number of fused-ring (bicyclic) bond motifs is 2. The molecule has 2 saturated carbocycles. The summed E-state index contributed by atoms with van der Waals surface area (Å²) in [6.45, 7) is 9.01. The number of hydrogen-bond donors (Lipinski definition) is 1. The van der Waals surface area contributed by atoms with E-state index in [4.69, 9.17) is 0 Å². The molecule has 0 radical (unpaired) electrons. The van der Waals surface area contributed by atoms with Crippen molar-refractivity contribution in [2.45, 2.75) is 53.0 Å². The summed E-state index contributed by atoms with van der Waals surface area (Å²) in [5.41, 5.74) is 2.37. The maximum absolute atomic E-state index is 12.6. The average molecular weight is 350 g/mol. The highest BCUT2D eigenvalue weighted by Gasteiger charge is 2.59. The minimum Gasteiger partial charge on any atom is -0.348 e. The van der Waals surface area contributed by atoms with Crippen LogP contribution in [0, 0.1) is 23.7 Å². The van der Waals surface area contributed by atoms with Gasteiger partial charge >= 0.3 is 0 Å². The number of rotatable bonds is 2. The second kappa shape index (κ2) is 4.84. The Kier molecular flexibility index (Phi) is 3.47. The molecule has 0 aromatic heterocycles. The van der Waals surface area contributed by atoms with Crippen LogP contribution in [-0.4, -0.2) is 11.9 Å². The number of benzene rings is 1. The van der Waals surface area contributed by atoms with E-state index in [1.54, 1.807) is 0 Å². The summed E-state index contributed by atoms with van der Waals surface area (Å²) >= 11 is 3.51. The van der Waals surface area contributed by atoms with Crippen LogP contribution in [0.1, 0.15) is 56.0 Å². The minimum atomic E-state index is 0.0579. The Morgan fingerprint density at radius 2 is 2.05 bits per heavy atom. The molecule has 3 heteroatoms. The third-order valence-corrected chi connectivity index (χ3v) is 6.83. The smallest absolute Gasteiger partial charge is 0.251 e. The van der Waals surface area contributed by atoms with E-state index in [2.05, 4.69) is 42.0 Å². The van der Waals surface area contributed by atoms with E-state index in [1.807, 2.05) is 25.1 Å². The van der Waals surface area contributed by atoms with Crippen LogP contribution >= 0.6 is 15.9 Å². The standard InChI is InChI=1S/C18H24BrNO/c1-11-5-6-12(9-14(11)19)15(21)20-16-17(2,3)13-7-8-18(16,4)10-13/h5-6,9,13,16H,7-8,10H2,1-4H3,(H,20,21). The van der Waals surface area contributed by atoms with Gasteiger partial charge in [0.1, 0.15) is 0 Å². The molecular weight excluding hydrogens is 326 g/mol. The van der Waals surface area contributed by atoms with Crippen LogP contribution < -0.4 is 5.32 Å². The Balaban J connectivity index is 1.83. The molecule has 1 N–H and O–H groups in total. The van der Waals surface area contributed by atoms with Crippen molar-refractivity contribution in [3.8, 4) is 0 Å². The first-order valence-corrected chi connectivity index (χ1v) is 8.60. The summed E-state index contributed by atoms with van der Waals surface area (Å²) in [5.74, 6) is 0.806. The third kappa shape index (κ3) is 2.34. The molecular formula is C18H24BrNO. The van der Waals surface area contributed by atoms with E-state index in [0.717, 1.165) is 21.5 Å². The van der Waals surface area contributed by atoms with Gasteiger partial charge in [-0.1, -0.05) is 42.8 Å². The summed E-state index contributed by atoms with van der Waals surface area (Å²) in [6, 6.07) is 6.11. The van der Waals surface area contributed by atoms with Crippen LogP contribution in [0.5, 0.6) is 0 Å². The lowest BCUT2D eigenvalue weighted by Gasteiger charge is -2.43. The Hall–Kier alpha value is -0.830. The number of carbonyl (C=O) groups is 1. The fourth-order valence-electron chi connectivity index (χ4n) is 4.61. The molecule has 3 unspecified atom stereocenters. The highest BCUT2D eigenvalue weighted by molar-refractivity contribution is 9.10. The number of hydrogen-bond acceptors (Lipinski definition) is 1. The molecule has 2 fully saturated rings. The number of aryl methyl sites for hydroxylation is 1. The molecule has 0 heterocycles. The van der Waals surface area contributed by atoms with Gasteiger partial charge in [-0.2, -0.15) is 0 Å². The lowest BCUT2D eigenvalue weighted by molar-refractivity contribution is 0.0737. The number of nitrogens with one attached hydrogen (secondary N) is 1. The van der Waals surface area contributed by atoms with Gasteiger partial charge < -0.3 is 5.32 Å². The molecule has 2 aliphatic rings. The summed E-state index contributed by atoms with van der Waals surface area (Å²) in [7, 11) is 0. The molecule has 114 valence electrons. The van der Waals surface area contributed by atoms with Crippen LogP contribution in [0.25, 0.3) is 0 Å². The Morgan fingerprint density at radius 3 is 2.62 bits per heavy atom. The average Bonchev–Trinajstić information content (AvgIpc) is 2.89.